The number of sulfone groups is 1. The number of piperidine rings is 1. The van der Waals surface area contributed by atoms with Crippen LogP contribution in [0.1, 0.15) is 48.0 Å². The van der Waals surface area contributed by atoms with Crippen LogP contribution in [0, 0.1) is 5.92 Å². The highest BCUT2D eigenvalue weighted by atomic mass is 35.5. The molecule has 1 aliphatic heterocycles. The Hall–Kier alpha value is -2.42. The van der Waals surface area contributed by atoms with Gasteiger partial charge in [-0.15, -0.1) is 0 Å². The van der Waals surface area contributed by atoms with Crippen molar-refractivity contribution in [1.29, 1.82) is 0 Å². The van der Waals surface area contributed by atoms with Crippen LogP contribution in [0.25, 0.3) is 0 Å². The van der Waals surface area contributed by atoms with Gasteiger partial charge in [0.05, 0.1) is 33.8 Å². The lowest BCUT2D eigenvalue weighted by molar-refractivity contribution is -0.115. The van der Waals surface area contributed by atoms with Crippen LogP contribution in [0.3, 0.4) is 0 Å². The van der Waals surface area contributed by atoms with E-state index in [1.807, 2.05) is 0 Å². The molecule has 7 nitrogen and oxygen atoms in total. The van der Waals surface area contributed by atoms with Crippen LogP contribution in [0.4, 0.5) is 5.69 Å². The van der Waals surface area contributed by atoms with Crippen molar-refractivity contribution in [3.8, 4) is 0 Å². The maximum atomic E-state index is 12.9. The van der Waals surface area contributed by atoms with Gasteiger partial charge >= 0.3 is 0 Å². The highest BCUT2D eigenvalue weighted by Crippen LogP contribution is 2.32. The molecule has 2 aromatic rings. The van der Waals surface area contributed by atoms with E-state index >= 15 is 0 Å². The Morgan fingerprint density at radius 1 is 1.09 bits per heavy atom. The van der Waals surface area contributed by atoms with Crippen molar-refractivity contribution in [2.75, 3.05) is 24.7 Å². The Bertz CT molecular complexity index is 1160. The molecule has 1 saturated carbocycles. The van der Waals surface area contributed by atoms with Crippen LogP contribution >= 0.6 is 11.6 Å². The molecule has 0 spiro atoms. The molecule has 1 heterocycles. The van der Waals surface area contributed by atoms with Gasteiger partial charge in [0.25, 0.3) is 5.91 Å². The molecule has 4 rings (SSSR count). The second kappa shape index (κ2) is 10.5. The number of anilines is 1. The van der Waals surface area contributed by atoms with Crippen molar-refractivity contribution in [2.45, 2.75) is 49.6 Å². The topological polar surface area (TPSA) is 95.6 Å². The zero-order valence-electron chi connectivity index (χ0n) is 19.2. The number of amides is 2. The second-order valence-corrected chi connectivity index (χ2v) is 11.6. The van der Waals surface area contributed by atoms with Gasteiger partial charge in [0, 0.05) is 12.7 Å². The van der Waals surface area contributed by atoms with Crippen LogP contribution in [-0.4, -0.2) is 50.6 Å². The third-order valence-corrected chi connectivity index (χ3v) is 8.57. The van der Waals surface area contributed by atoms with Crippen LogP contribution in [0.5, 0.6) is 0 Å². The van der Waals surface area contributed by atoms with E-state index in [-0.39, 0.29) is 41.1 Å². The Labute approximate surface area is 205 Å². The fraction of sp³-hybridized carbons (Fsp3) is 0.440. The second-order valence-electron chi connectivity index (χ2n) is 9.17. The first-order valence-corrected chi connectivity index (χ1v) is 13.7. The summed E-state index contributed by atoms with van der Waals surface area (Å²) in [6.45, 7) is 0.889. The van der Waals surface area contributed by atoms with Crippen LogP contribution < -0.4 is 10.6 Å². The molecule has 9 heteroatoms. The summed E-state index contributed by atoms with van der Waals surface area (Å²) < 4.78 is 24.7. The highest BCUT2D eigenvalue weighted by molar-refractivity contribution is 7.91. The molecule has 1 atom stereocenters. The van der Waals surface area contributed by atoms with Crippen molar-refractivity contribution in [2.24, 2.45) is 5.92 Å². The maximum Gasteiger partial charge on any atom is 0.256 e. The summed E-state index contributed by atoms with van der Waals surface area (Å²) in [6.07, 6.45) is 5.13. The average Bonchev–Trinajstić information content (AvgIpc) is 3.62. The zero-order chi connectivity index (χ0) is 24.3. The predicted octanol–water partition coefficient (Wildman–Crippen LogP) is 3.88. The number of hydrogen-bond donors (Lipinski definition) is 2. The van der Waals surface area contributed by atoms with Crippen molar-refractivity contribution in [3.05, 3.63) is 58.6 Å². The van der Waals surface area contributed by atoms with E-state index in [1.165, 1.54) is 0 Å². The molecule has 2 fully saturated rings. The van der Waals surface area contributed by atoms with E-state index in [0.717, 1.165) is 38.6 Å². The molecule has 34 heavy (non-hydrogen) atoms. The van der Waals surface area contributed by atoms with E-state index in [2.05, 4.69) is 10.6 Å². The summed E-state index contributed by atoms with van der Waals surface area (Å²) in [5.74, 6) is 0.0542. The van der Waals surface area contributed by atoms with Crippen LogP contribution in [0.15, 0.2) is 47.4 Å². The standard InChI is InChI=1S/C25H30ClN3O4S/c1-29(23-4-2-3-13-27-23)25(31)21-12-9-19(15-22(21)26)28-24(30)14-17-7-10-20(11-8-17)34(32,33)16-18-5-6-18/h7-12,15,18,23,27H,2-6,13-14,16H2,1H3,(H,28,30). The van der Waals surface area contributed by atoms with Crippen molar-refractivity contribution in [1.82, 2.24) is 10.2 Å². The van der Waals surface area contributed by atoms with Gasteiger partial charge in [-0.3, -0.25) is 14.9 Å². The van der Waals surface area contributed by atoms with Crippen LogP contribution in [-0.2, 0) is 21.1 Å². The first kappa shape index (κ1) is 24.7. The monoisotopic (exact) mass is 503 g/mol. The lowest BCUT2D eigenvalue weighted by Crippen LogP contribution is -2.48. The Morgan fingerprint density at radius 3 is 2.44 bits per heavy atom. The van der Waals surface area contributed by atoms with Crippen LogP contribution in [0.2, 0.25) is 5.02 Å². The summed E-state index contributed by atoms with van der Waals surface area (Å²) in [6, 6.07) is 11.3. The van der Waals surface area contributed by atoms with Gasteiger partial charge in [-0.25, -0.2) is 8.42 Å². The molecule has 0 bridgehead atoms. The average molecular weight is 504 g/mol. The van der Waals surface area contributed by atoms with Gasteiger partial charge in [0.15, 0.2) is 9.84 Å². The largest absolute Gasteiger partial charge is 0.326 e. The van der Waals surface area contributed by atoms with E-state index in [1.54, 1.807) is 54.4 Å². The lowest BCUT2D eigenvalue weighted by atomic mass is 10.1. The Morgan fingerprint density at radius 2 is 1.82 bits per heavy atom. The SMILES string of the molecule is CN(C(=O)c1ccc(NC(=O)Cc2ccc(S(=O)(=O)CC3CC3)cc2)cc1Cl)C1CCCCN1. The number of hydrogen-bond acceptors (Lipinski definition) is 5. The third-order valence-electron chi connectivity index (χ3n) is 6.35. The number of rotatable bonds is 8. The molecule has 1 unspecified atom stereocenters. The summed E-state index contributed by atoms with van der Waals surface area (Å²) in [5, 5.41) is 6.41. The molecule has 2 aliphatic rings. The smallest absolute Gasteiger partial charge is 0.256 e. The molecule has 182 valence electrons. The third kappa shape index (κ3) is 6.17. The molecule has 0 aromatic heterocycles. The van der Waals surface area contributed by atoms with Gasteiger partial charge in [0.1, 0.15) is 0 Å². The predicted molar refractivity (Wildman–Crippen MR) is 133 cm³/mol. The number of carbonyl (C=O) groups excluding carboxylic acids is 2. The van der Waals surface area contributed by atoms with Crippen molar-refractivity contribution >= 4 is 38.9 Å². The molecule has 2 N–H and O–H groups in total. The molecule has 1 aliphatic carbocycles. The number of nitrogens with one attached hydrogen (secondary N) is 2. The molecular formula is C25H30ClN3O4S. The van der Waals surface area contributed by atoms with E-state index in [4.69, 9.17) is 11.6 Å². The number of benzene rings is 2. The first-order chi connectivity index (χ1) is 16.2. The summed E-state index contributed by atoms with van der Waals surface area (Å²) in [5.41, 5.74) is 1.59. The van der Waals surface area contributed by atoms with Crippen molar-refractivity contribution < 1.29 is 18.0 Å². The highest BCUT2D eigenvalue weighted by Gasteiger charge is 2.29. The molecular weight excluding hydrogens is 474 g/mol. The zero-order valence-corrected chi connectivity index (χ0v) is 20.8. The Balaban J connectivity index is 1.35. The van der Waals surface area contributed by atoms with Gasteiger partial charge in [-0.05, 0) is 80.5 Å². The van der Waals surface area contributed by atoms with Gasteiger partial charge in [-0.1, -0.05) is 23.7 Å². The minimum absolute atomic E-state index is 0.00761. The Kier molecular flexibility index (Phi) is 7.60. The summed E-state index contributed by atoms with van der Waals surface area (Å²) >= 11 is 6.38. The van der Waals surface area contributed by atoms with Gasteiger partial charge < -0.3 is 10.2 Å². The molecule has 2 amide bonds. The number of nitrogens with zero attached hydrogens (tertiary/aromatic N) is 1. The minimum Gasteiger partial charge on any atom is -0.326 e. The van der Waals surface area contributed by atoms with Gasteiger partial charge in [0.2, 0.25) is 5.91 Å². The minimum atomic E-state index is -3.27. The normalized spacial score (nSPS) is 18.4. The number of halogens is 1. The maximum absolute atomic E-state index is 12.9. The van der Waals surface area contributed by atoms with E-state index < -0.39 is 9.84 Å². The van der Waals surface area contributed by atoms with Gasteiger partial charge in [-0.2, -0.15) is 0 Å². The van der Waals surface area contributed by atoms with E-state index in [9.17, 15) is 18.0 Å². The van der Waals surface area contributed by atoms with E-state index in [0.29, 0.717) is 21.7 Å². The quantitative estimate of drug-likeness (QED) is 0.570. The lowest BCUT2D eigenvalue weighted by Gasteiger charge is -2.32. The summed E-state index contributed by atoms with van der Waals surface area (Å²) in [7, 11) is -1.51. The molecule has 2 aromatic carbocycles. The van der Waals surface area contributed by atoms with Crippen molar-refractivity contribution in [3.63, 3.8) is 0 Å². The number of carbonyl (C=O) groups is 2. The molecule has 1 saturated heterocycles. The fourth-order valence-electron chi connectivity index (χ4n) is 4.16. The summed E-state index contributed by atoms with van der Waals surface area (Å²) in [4.78, 5) is 27.3. The fourth-order valence-corrected chi connectivity index (χ4v) is 6.12. The molecule has 0 radical (unpaired) electrons. The first-order valence-electron chi connectivity index (χ1n) is 11.6.